The van der Waals surface area contributed by atoms with Crippen molar-refractivity contribution < 1.29 is 4.79 Å². The molecule has 1 N–H and O–H groups in total. The van der Waals surface area contributed by atoms with E-state index >= 15 is 0 Å². The zero-order valence-corrected chi connectivity index (χ0v) is 22.7. The first-order valence-corrected chi connectivity index (χ1v) is 13.8. The Bertz CT molecular complexity index is 1270. The zero-order chi connectivity index (χ0) is 25.4. The highest BCUT2D eigenvalue weighted by Gasteiger charge is 2.30. The molecule has 1 aromatic carbocycles. The van der Waals surface area contributed by atoms with Gasteiger partial charge in [-0.25, -0.2) is 9.67 Å². The van der Waals surface area contributed by atoms with E-state index in [1.54, 1.807) is 0 Å². The summed E-state index contributed by atoms with van der Waals surface area (Å²) in [5.74, 6) is 0.741. The van der Waals surface area contributed by atoms with E-state index in [9.17, 15) is 4.79 Å². The van der Waals surface area contributed by atoms with E-state index < -0.39 is 0 Å². The van der Waals surface area contributed by atoms with Crippen LogP contribution >= 0.6 is 0 Å². The monoisotopic (exact) mass is 487 g/mol. The molecule has 192 valence electrons. The van der Waals surface area contributed by atoms with Gasteiger partial charge in [-0.15, -0.1) is 0 Å². The smallest absolute Gasteiger partial charge is 0.220 e. The van der Waals surface area contributed by atoms with Gasteiger partial charge in [0.1, 0.15) is 0 Å². The van der Waals surface area contributed by atoms with Crippen molar-refractivity contribution in [3.63, 3.8) is 0 Å². The van der Waals surface area contributed by atoms with E-state index in [0.717, 1.165) is 47.2 Å². The molecule has 5 rings (SSSR count). The van der Waals surface area contributed by atoms with E-state index in [-0.39, 0.29) is 5.91 Å². The van der Waals surface area contributed by atoms with Crippen LogP contribution < -0.4 is 5.32 Å². The minimum Gasteiger partial charge on any atom is -0.356 e. The Morgan fingerprint density at radius 3 is 2.56 bits per heavy atom. The summed E-state index contributed by atoms with van der Waals surface area (Å²) in [4.78, 5) is 20.4. The van der Waals surface area contributed by atoms with Crippen molar-refractivity contribution in [2.24, 2.45) is 5.92 Å². The van der Waals surface area contributed by atoms with E-state index in [2.05, 4.69) is 63.0 Å². The minimum absolute atomic E-state index is 0.149. The molecule has 0 radical (unpaired) electrons. The van der Waals surface area contributed by atoms with Crippen LogP contribution in [0.2, 0.25) is 0 Å². The fraction of sp³-hybridized carbons (Fsp3) is 0.567. The first-order chi connectivity index (χ1) is 17.3. The van der Waals surface area contributed by atoms with Gasteiger partial charge in [-0.3, -0.25) is 4.79 Å². The van der Waals surface area contributed by atoms with Crippen LogP contribution in [-0.4, -0.2) is 51.2 Å². The normalized spacial score (nSPS) is 19.0. The van der Waals surface area contributed by atoms with E-state index in [1.807, 2.05) is 4.68 Å². The lowest BCUT2D eigenvalue weighted by Crippen LogP contribution is -2.34. The van der Waals surface area contributed by atoms with Gasteiger partial charge in [0.15, 0.2) is 5.65 Å². The van der Waals surface area contributed by atoms with E-state index in [4.69, 9.17) is 10.1 Å². The van der Waals surface area contributed by atoms with Crippen LogP contribution in [0, 0.1) is 40.5 Å². The number of carbonyl (C=O) groups is 1. The number of nitrogens with one attached hydrogen (secondary N) is 1. The summed E-state index contributed by atoms with van der Waals surface area (Å²) in [5, 5.41) is 9.18. The van der Waals surface area contributed by atoms with Crippen LogP contribution in [0.15, 0.2) is 18.2 Å². The average molecular weight is 488 g/mol. The van der Waals surface area contributed by atoms with E-state index in [1.165, 1.54) is 60.9 Å². The summed E-state index contributed by atoms with van der Waals surface area (Å²) in [7, 11) is 0. The second kappa shape index (κ2) is 10.3. The molecular formula is C30H41N5O. The van der Waals surface area contributed by atoms with Crippen LogP contribution in [0.5, 0.6) is 0 Å². The highest BCUT2D eigenvalue weighted by molar-refractivity contribution is 5.85. The predicted octanol–water partition coefficient (Wildman–Crippen LogP) is 5.28. The van der Waals surface area contributed by atoms with Gasteiger partial charge < -0.3 is 10.2 Å². The third-order valence-corrected chi connectivity index (χ3v) is 8.66. The van der Waals surface area contributed by atoms with Gasteiger partial charge in [0.05, 0.1) is 11.4 Å². The molecule has 6 nitrogen and oxygen atoms in total. The van der Waals surface area contributed by atoms with Crippen molar-refractivity contribution in [2.45, 2.75) is 85.6 Å². The molecule has 0 spiro atoms. The Morgan fingerprint density at radius 1 is 1.03 bits per heavy atom. The van der Waals surface area contributed by atoms with Crippen LogP contribution in [0.25, 0.3) is 16.7 Å². The number of benzene rings is 1. The number of aromatic nitrogens is 3. The standard InChI is InChI=1S/C30H41N5O/c1-19-10-11-26(16-20(19)2)35-30-29(23(5)33-35)21(3)27(22(4)32-30)12-13-28(36)31-17-24-14-15-34(18-24)25-8-6-7-9-25/h10-11,16,24-25H,6-9,12-15,17-18H2,1-5H3,(H,31,36)/t24-/m1/s1. The van der Waals surface area contributed by atoms with Gasteiger partial charge in [-0.05, 0) is 107 Å². The van der Waals surface area contributed by atoms with Gasteiger partial charge in [0.25, 0.3) is 0 Å². The lowest BCUT2D eigenvalue weighted by atomic mass is 9.99. The second-order valence-electron chi connectivity index (χ2n) is 11.2. The molecule has 36 heavy (non-hydrogen) atoms. The Kier molecular flexibility index (Phi) is 7.16. The topological polar surface area (TPSA) is 63.1 Å². The fourth-order valence-electron chi connectivity index (χ4n) is 6.33. The van der Waals surface area contributed by atoms with Crippen molar-refractivity contribution in [1.29, 1.82) is 0 Å². The summed E-state index contributed by atoms with van der Waals surface area (Å²) in [6.07, 6.45) is 7.90. The molecular weight excluding hydrogens is 446 g/mol. The third-order valence-electron chi connectivity index (χ3n) is 8.66. The Hall–Kier alpha value is -2.73. The first-order valence-electron chi connectivity index (χ1n) is 13.8. The first kappa shape index (κ1) is 24.9. The number of pyridine rings is 1. The highest BCUT2D eigenvalue weighted by Crippen LogP contribution is 2.30. The Labute approximate surface area is 215 Å². The van der Waals surface area contributed by atoms with E-state index in [0.29, 0.717) is 18.8 Å². The van der Waals surface area contributed by atoms with Gasteiger partial charge in [-0.2, -0.15) is 5.10 Å². The van der Waals surface area contributed by atoms with Gasteiger partial charge in [0.2, 0.25) is 5.91 Å². The molecule has 1 aliphatic heterocycles. The van der Waals surface area contributed by atoms with Crippen molar-refractivity contribution >= 4 is 16.9 Å². The molecule has 2 aliphatic rings. The minimum atomic E-state index is 0.149. The third kappa shape index (κ3) is 4.93. The molecule has 1 saturated heterocycles. The van der Waals surface area contributed by atoms with Crippen LogP contribution in [0.4, 0.5) is 0 Å². The lowest BCUT2D eigenvalue weighted by molar-refractivity contribution is -0.121. The van der Waals surface area contributed by atoms with Gasteiger partial charge in [-0.1, -0.05) is 18.9 Å². The Morgan fingerprint density at radius 2 is 1.81 bits per heavy atom. The molecule has 1 atom stereocenters. The molecule has 1 saturated carbocycles. The lowest BCUT2D eigenvalue weighted by Gasteiger charge is -2.23. The number of hydrogen-bond donors (Lipinski definition) is 1. The number of amides is 1. The number of nitrogens with zero attached hydrogens (tertiary/aromatic N) is 4. The van der Waals surface area contributed by atoms with Crippen LogP contribution in [0.3, 0.4) is 0 Å². The summed E-state index contributed by atoms with van der Waals surface area (Å²) in [5.41, 5.74) is 8.78. The summed E-state index contributed by atoms with van der Waals surface area (Å²) < 4.78 is 1.96. The average Bonchev–Trinajstić information content (AvgIpc) is 3.60. The molecule has 0 unspecified atom stereocenters. The molecule has 3 heterocycles. The summed E-state index contributed by atoms with van der Waals surface area (Å²) >= 11 is 0. The molecule has 0 bridgehead atoms. The maximum atomic E-state index is 12.8. The number of aryl methyl sites for hydroxylation is 5. The van der Waals surface area contributed by atoms with Crippen LogP contribution in [-0.2, 0) is 11.2 Å². The quantitative estimate of drug-likeness (QED) is 0.493. The molecule has 3 aromatic rings. The fourth-order valence-corrected chi connectivity index (χ4v) is 6.33. The molecule has 2 aromatic heterocycles. The predicted molar refractivity (Wildman–Crippen MR) is 146 cm³/mol. The maximum Gasteiger partial charge on any atom is 0.220 e. The SMILES string of the molecule is Cc1ccc(-n2nc(C)c3c(C)c(CCC(=O)NC[C@H]4CCN(C5CCCC5)C4)c(C)nc32)cc1C. The molecule has 2 fully saturated rings. The van der Waals surface area contributed by atoms with Crippen LogP contribution in [0.1, 0.15) is 72.2 Å². The van der Waals surface area contributed by atoms with Crippen molar-refractivity contribution in [3.05, 3.63) is 51.8 Å². The van der Waals surface area contributed by atoms with Gasteiger partial charge in [0, 0.05) is 36.6 Å². The van der Waals surface area contributed by atoms with Crippen molar-refractivity contribution in [3.8, 4) is 5.69 Å². The summed E-state index contributed by atoms with van der Waals surface area (Å²) in [6.45, 7) is 13.7. The largest absolute Gasteiger partial charge is 0.356 e. The van der Waals surface area contributed by atoms with Crippen molar-refractivity contribution in [2.75, 3.05) is 19.6 Å². The number of likely N-dealkylation sites (tertiary alicyclic amines) is 1. The highest BCUT2D eigenvalue weighted by atomic mass is 16.1. The second-order valence-corrected chi connectivity index (χ2v) is 11.2. The number of rotatable bonds is 7. The number of fused-ring (bicyclic) bond motifs is 1. The Balaban J connectivity index is 1.24. The van der Waals surface area contributed by atoms with Crippen molar-refractivity contribution in [1.82, 2.24) is 25.0 Å². The molecule has 1 aliphatic carbocycles. The molecule has 6 heteroatoms. The number of carbonyl (C=O) groups excluding carboxylic acids is 1. The zero-order valence-electron chi connectivity index (χ0n) is 22.7. The number of hydrogen-bond acceptors (Lipinski definition) is 4. The maximum absolute atomic E-state index is 12.8. The van der Waals surface area contributed by atoms with Gasteiger partial charge >= 0.3 is 0 Å². The summed E-state index contributed by atoms with van der Waals surface area (Å²) in [6, 6.07) is 7.21. The molecule has 1 amide bonds.